The van der Waals surface area contributed by atoms with Crippen molar-refractivity contribution in [3.8, 4) is 5.69 Å². The Morgan fingerprint density at radius 3 is 2.74 bits per heavy atom. The molecule has 2 rings (SSSR count). The topological polar surface area (TPSA) is 51.0 Å². The highest BCUT2D eigenvalue weighted by Gasteiger charge is 2.33. The van der Waals surface area contributed by atoms with Crippen LogP contribution >= 0.6 is 11.8 Å². The van der Waals surface area contributed by atoms with Gasteiger partial charge in [0.05, 0.1) is 34.9 Å². The molecule has 0 atom stereocenters. The second-order valence-electron chi connectivity index (χ2n) is 6.12. The molecule has 0 aromatic carbocycles. The molecular weight excluding hydrogens is 308 g/mol. The maximum atomic E-state index is 12.9. The zero-order valence-electron chi connectivity index (χ0n) is 14.4. The van der Waals surface area contributed by atoms with Crippen LogP contribution in [0.2, 0.25) is 0 Å². The number of rotatable bonds is 6. The molecule has 0 radical (unpaired) electrons. The highest BCUT2D eigenvalue weighted by atomic mass is 32.2. The van der Waals surface area contributed by atoms with Crippen LogP contribution in [0.25, 0.3) is 5.69 Å². The summed E-state index contributed by atoms with van der Waals surface area (Å²) in [5, 5.41) is 4.54. The van der Waals surface area contributed by atoms with E-state index in [0.717, 1.165) is 22.8 Å². The van der Waals surface area contributed by atoms with Gasteiger partial charge >= 0.3 is 0 Å². The number of amides is 1. The van der Waals surface area contributed by atoms with E-state index in [1.54, 1.807) is 28.8 Å². The average Bonchev–Trinajstić information content (AvgIpc) is 2.91. The van der Waals surface area contributed by atoms with Crippen molar-refractivity contribution in [1.82, 2.24) is 14.8 Å². The molecule has 23 heavy (non-hydrogen) atoms. The average molecular weight is 332 g/mol. The van der Waals surface area contributed by atoms with Crippen LogP contribution in [0.3, 0.4) is 0 Å². The molecule has 0 unspecified atom stereocenters. The van der Waals surface area contributed by atoms with Crippen LogP contribution in [0, 0.1) is 12.3 Å². The number of nitrogens with zero attached hydrogens (tertiary/aromatic N) is 4. The van der Waals surface area contributed by atoms with Crippen LogP contribution in [-0.4, -0.2) is 39.2 Å². The van der Waals surface area contributed by atoms with Gasteiger partial charge in [0.15, 0.2) is 0 Å². The van der Waals surface area contributed by atoms with Crippen LogP contribution in [0.5, 0.6) is 0 Å². The summed E-state index contributed by atoms with van der Waals surface area (Å²) in [7, 11) is 0. The van der Waals surface area contributed by atoms with Crippen LogP contribution in [0.4, 0.5) is 5.69 Å². The van der Waals surface area contributed by atoms with E-state index < -0.39 is 5.41 Å². The number of thioether (sulfide) groups is 1. The summed E-state index contributed by atoms with van der Waals surface area (Å²) in [6.45, 7) is 8.54. The molecule has 2 heterocycles. The summed E-state index contributed by atoms with van der Waals surface area (Å²) >= 11 is 1.69. The van der Waals surface area contributed by atoms with Gasteiger partial charge in [-0.3, -0.25) is 9.78 Å². The molecule has 0 aliphatic rings. The summed E-state index contributed by atoms with van der Waals surface area (Å²) in [6, 6.07) is 3.81. The quantitative estimate of drug-likeness (QED) is 0.814. The predicted molar refractivity (Wildman–Crippen MR) is 96.3 cm³/mol. The zero-order chi connectivity index (χ0) is 17.0. The second-order valence-corrected chi connectivity index (χ2v) is 6.99. The lowest BCUT2D eigenvalue weighted by Crippen LogP contribution is -2.42. The van der Waals surface area contributed by atoms with Gasteiger partial charge in [0, 0.05) is 18.5 Å². The first-order valence-corrected chi connectivity index (χ1v) is 9.07. The number of carbonyl (C=O) groups is 1. The third kappa shape index (κ3) is 3.75. The van der Waals surface area contributed by atoms with E-state index in [9.17, 15) is 4.79 Å². The third-order valence-electron chi connectivity index (χ3n) is 3.72. The molecule has 0 bridgehead atoms. The lowest BCUT2D eigenvalue weighted by molar-refractivity contribution is -0.125. The van der Waals surface area contributed by atoms with Gasteiger partial charge in [0.1, 0.15) is 0 Å². The molecule has 0 aliphatic heterocycles. The molecule has 0 spiro atoms. The van der Waals surface area contributed by atoms with Crippen LogP contribution in [-0.2, 0) is 4.79 Å². The van der Waals surface area contributed by atoms with Crippen LogP contribution in [0.15, 0.2) is 30.7 Å². The largest absolute Gasteiger partial charge is 0.309 e. The Morgan fingerprint density at radius 2 is 2.17 bits per heavy atom. The van der Waals surface area contributed by atoms with Crippen molar-refractivity contribution in [2.24, 2.45) is 5.41 Å². The minimum atomic E-state index is -0.404. The van der Waals surface area contributed by atoms with E-state index in [1.165, 1.54) is 0 Å². The number of aryl methyl sites for hydroxylation is 1. The molecule has 0 saturated carbocycles. The first kappa shape index (κ1) is 17.5. The Bertz CT molecular complexity index is 666. The van der Waals surface area contributed by atoms with Crippen molar-refractivity contribution in [2.75, 3.05) is 23.5 Å². The molecule has 2 aromatic rings. The lowest BCUT2D eigenvalue weighted by Gasteiger charge is -2.30. The highest BCUT2D eigenvalue weighted by Crippen LogP contribution is 2.28. The molecule has 1 amide bonds. The van der Waals surface area contributed by atoms with Crippen molar-refractivity contribution < 1.29 is 4.79 Å². The summed E-state index contributed by atoms with van der Waals surface area (Å²) in [6.07, 6.45) is 7.42. The van der Waals surface area contributed by atoms with E-state index in [4.69, 9.17) is 0 Å². The fraction of sp³-hybridized carbons (Fsp3) is 0.471. The highest BCUT2D eigenvalue weighted by molar-refractivity contribution is 7.98. The Morgan fingerprint density at radius 1 is 1.43 bits per heavy atom. The normalized spacial score (nSPS) is 11.5. The Kier molecular flexibility index (Phi) is 5.46. The minimum Gasteiger partial charge on any atom is -0.309 e. The fourth-order valence-electron chi connectivity index (χ4n) is 2.55. The van der Waals surface area contributed by atoms with E-state index in [1.807, 2.05) is 57.2 Å². The van der Waals surface area contributed by atoms with Gasteiger partial charge in [-0.25, -0.2) is 4.68 Å². The molecule has 0 aliphatic carbocycles. The fourth-order valence-corrected chi connectivity index (χ4v) is 3.39. The van der Waals surface area contributed by atoms with Crippen molar-refractivity contribution in [2.45, 2.75) is 27.7 Å². The molecule has 5 nitrogen and oxygen atoms in total. The van der Waals surface area contributed by atoms with Crippen LogP contribution < -0.4 is 4.90 Å². The lowest BCUT2D eigenvalue weighted by atomic mass is 9.94. The number of hydrogen-bond acceptors (Lipinski definition) is 4. The van der Waals surface area contributed by atoms with Gasteiger partial charge in [-0.1, -0.05) is 13.8 Å². The van der Waals surface area contributed by atoms with Gasteiger partial charge in [-0.2, -0.15) is 16.9 Å². The Hall–Kier alpha value is -1.82. The smallest absolute Gasteiger partial charge is 0.233 e. The summed E-state index contributed by atoms with van der Waals surface area (Å²) in [5.41, 5.74) is 2.17. The summed E-state index contributed by atoms with van der Waals surface area (Å²) < 4.78 is 1.77. The monoisotopic (exact) mass is 332 g/mol. The molecule has 124 valence electrons. The van der Waals surface area contributed by atoms with Gasteiger partial charge in [-0.05, 0) is 32.2 Å². The second kappa shape index (κ2) is 7.17. The minimum absolute atomic E-state index is 0.128. The van der Waals surface area contributed by atoms with Gasteiger partial charge in [0.2, 0.25) is 5.91 Å². The van der Waals surface area contributed by atoms with E-state index in [0.29, 0.717) is 6.54 Å². The van der Waals surface area contributed by atoms with E-state index in [2.05, 4.69) is 10.1 Å². The van der Waals surface area contributed by atoms with Crippen molar-refractivity contribution in [3.63, 3.8) is 0 Å². The zero-order valence-corrected chi connectivity index (χ0v) is 15.2. The molecule has 0 saturated heterocycles. The van der Waals surface area contributed by atoms with E-state index in [-0.39, 0.29) is 5.91 Å². The maximum Gasteiger partial charge on any atom is 0.233 e. The predicted octanol–water partition coefficient (Wildman–Crippen LogP) is 3.32. The van der Waals surface area contributed by atoms with Gasteiger partial charge < -0.3 is 4.90 Å². The molecule has 0 N–H and O–H groups in total. The summed E-state index contributed by atoms with van der Waals surface area (Å²) in [4.78, 5) is 18.9. The number of carbonyl (C=O) groups excluding carboxylic acids is 1. The SMILES string of the molecule is CCN(C(=O)C(C)(C)CSC)c1cn(-c2cccnc2)nc1C. The number of hydrogen-bond donors (Lipinski definition) is 0. The number of aromatic nitrogens is 3. The standard InChI is InChI=1S/C17H24N4OS/c1-6-20(16(22)17(3,4)12-23-5)15-11-21(19-13(15)2)14-8-7-9-18-10-14/h7-11H,6,12H2,1-5H3. The number of pyridine rings is 1. The van der Waals surface area contributed by atoms with E-state index >= 15 is 0 Å². The summed E-state index contributed by atoms with van der Waals surface area (Å²) in [5.74, 6) is 0.918. The van der Waals surface area contributed by atoms with Crippen molar-refractivity contribution in [1.29, 1.82) is 0 Å². The number of anilines is 1. The molecular formula is C17H24N4OS. The first-order valence-electron chi connectivity index (χ1n) is 7.68. The Labute approximate surface area is 142 Å². The van der Waals surface area contributed by atoms with Crippen molar-refractivity contribution >= 4 is 23.4 Å². The van der Waals surface area contributed by atoms with Gasteiger partial charge in [0.25, 0.3) is 0 Å². The maximum absolute atomic E-state index is 12.9. The third-order valence-corrected chi connectivity index (χ3v) is 4.73. The Balaban J connectivity index is 2.36. The van der Waals surface area contributed by atoms with Crippen LogP contribution in [0.1, 0.15) is 26.5 Å². The molecule has 6 heteroatoms. The molecule has 0 fully saturated rings. The first-order chi connectivity index (χ1) is 10.9. The van der Waals surface area contributed by atoms with Gasteiger partial charge in [-0.15, -0.1) is 0 Å². The van der Waals surface area contributed by atoms with Crippen molar-refractivity contribution in [3.05, 3.63) is 36.4 Å². The molecule has 2 aromatic heterocycles.